The molecule has 96 valence electrons. The molecule has 1 N–H and O–H groups in total. The molecule has 2 heteroatoms. The van der Waals surface area contributed by atoms with Crippen LogP contribution in [0.15, 0.2) is 0 Å². The van der Waals surface area contributed by atoms with Crippen molar-refractivity contribution in [3.8, 4) is 0 Å². The molecule has 0 radical (unpaired) electrons. The van der Waals surface area contributed by atoms with Crippen LogP contribution in [0, 0.1) is 0 Å². The Morgan fingerprint density at radius 3 is 2.38 bits per heavy atom. The summed E-state index contributed by atoms with van der Waals surface area (Å²) >= 11 is 0. The highest BCUT2D eigenvalue weighted by Crippen LogP contribution is 2.38. The van der Waals surface area contributed by atoms with Gasteiger partial charge in [0, 0.05) is 12.1 Å². The number of ether oxygens (including phenoxy) is 1. The van der Waals surface area contributed by atoms with E-state index in [4.69, 9.17) is 4.74 Å². The number of nitrogens with one attached hydrogen (secondary N) is 1. The van der Waals surface area contributed by atoms with Crippen molar-refractivity contribution in [2.24, 2.45) is 0 Å². The SMILES string of the molecule is CCCCOC1(CCNC(C)(C)C)CCC1. The Bertz CT molecular complexity index is 191. The lowest BCUT2D eigenvalue weighted by atomic mass is 9.77. The van der Waals surface area contributed by atoms with Crippen LogP contribution in [0.3, 0.4) is 0 Å². The summed E-state index contributed by atoms with van der Waals surface area (Å²) in [6.07, 6.45) is 7.49. The normalized spacial score (nSPS) is 19.5. The minimum atomic E-state index is 0.230. The Labute approximate surface area is 101 Å². The smallest absolute Gasteiger partial charge is 0.0694 e. The van der Waals surface area contributed by atoms with Crippen LogP contribution in [0.25, 0.3) is 0 Å². The van der Waals surface area contributed by atoms with Crippen LogP contribution in [0.1, 0.15) is 66.2 Å². The maximum Gasteiger partial charge on any atom is 0.0694 e. The molecule has 0 spiro atoms. The van der Waals surface area contributed by atoms with E-state index in [1.807, 2.05) is 0 Å². The highest BCUT2D eigenvalue weighted by molar-refractivity contribution is 4.91. The molecule has 0 aromatic carbocycles. The average molecular weight is 227 g/mol. The molecule has 0 unspecified atom stereocenters. The lowest BCUT2D eigenvalue weighted by Crippen LogP contribution is -2.45. The van der Waals surface area contributed by atoms with Crippen LogP contribution < -0.4 is 5.32 Å². The van der Waals surface area contributed by atoms with E-state index in [0.29, 0.717) is 0 Å². The van der Waals surface area contributed by atoms with Gasteiger partial charge in [-0.25, -0.2) is 0 Å². The summed E-state index contributed by atoms with van der Waals surface area (Å²) in [6, 6.07) is 0. The molecule has 0 saturated heterocycles. The lowest BCUT2D eigenvalue weighted by Gasteiger charge is -2.42. The number of hydrogen-bond donors (Lipinski definition) is 1. The van der Waals surface area contributed by atoms with E-state index >= 15 is 0 Å². The predicted octanol–water partition coefficient (Wildman–Crippen LogP) is 3.50. The summed E-state index contributed by atoms with van der Waals surface area (Å²) in [4.78, 5) is 0. The first-order valence-corrected chi connectivity index (χ1v) is 6.86. The van der Waals surface area contributed by atoms with E-state index < -0.39 is 0 Å². The minimum Gasteiger partial charge on any atom is -0.375 e. The number of rotatable bonds is 7. The first-order valence-electron chi connectivity index (χ1n) is 6.86. The fourth-order valence-electron chi connectivity index (χ4n) is 2.14. The number of hydrogen-bond acceptors (Lipinski definition) is 2. The summed E-state index contributed by atoms with van der Waals surface area (Å²) in [7, 11) is 0. The van der Waals surface area contributed by atoms with Crippen molar-refractivity contribution in [1.82, 2.24) is 5.32 Å². The van der Waals surface area contributed by atoms with Gasteiger partial charge < -0.3 is 10.1 Å². The Balaban J connectivity index is 2.20. The van der Waals surface area contributed by atoms with Gasteiger partial charge in [-0.15, -0.1) is 0 Å². The Morgan fingerprint density at radius 2 is 1.94 bits per heavy atom. The molecule has 0 aromatic heterocycles. The van der Waals surface area contributed by atoms with Gasteiger partial charge in [0.1, 0.15) is 0 Å². The van der Waals surface area contributed by atoms with E-state index in [1.165, 1.54) is 38.5 Å². The van der Waals surface area contributed by atoms with Crippen LogP contribution in [-0.4, -0.2) is 24.3 Å². The van der Waals surface area contributed by atoms with Crippen molar-refractivity contribution in [1.29, 1.82) is 0 Å². The second-order valence-electron chi connectivity index (χ2n) is 6.17. The average Bonchev–Trinajstić information content (AvgIpc) is 2.11. The fourth-order valence-corrected chi connectivity index (χ4v) is 2.14. The summed E-state index contributed by atoms with van der Waals surface area (Å²) in [5.41, 5.74) is 0.460. The van der Waals surface area contributed by atoms with Gasteiger partial charge in [-0.3, -0.25) is 0 Å². The predicted molar refractivity (Wildman–Crippen MR) is 69.8 cm³/mol. The van der Waals surface area contributed by atoms with E-state index in [0.717, 1.165) is 13.2 Å². The van der Waals surface area contributed by atoms with Crippen LogP contribution >= 0.6 is 0 Å². The van der Waals surface area contributed by atoms with E-state index in [9.17, 15) is 0 Å². The van der Waals surface area contributed by atoms with Crippen molar-refractivity contribution in [2.45, 2.75) is 77.4 Å². The molecule has 0 bridgehead atoms. The zero-order valence-electron chi connectivity index (χ0n) is 11.6. The van der Waals surface area contributed by atoms with Gasteiger partial charge in [-0.1, -0.05) is 13.3 Å². The summed E-state index contributed by atoms with van der Waals surface area (Å²) in [6.45, 7) is 10.9. The standard InChI is InChI=1S/C14H29NO/c1-5-6-12-16-14(8-7-9-14)10-11-15-13(2,3)4/h15H,5-12H2,1-4H3. The molecule has 0 atom stereocenters. The van der Waals surface area contributed by atoms with E-state index in [1.54, 1.807) is 0 Å². The lowest BCUT2D eigenvalue weighted by molar-refractivity contribution is -0.105. The van der Waals surface area contributed by atoms with Crippen molar-refractivity contribution >= 4 is 0 Å². The van der Waals surface area contributed by atoms with Crippen LogP contribution in [-0.2, 0) is 4.74 Å². The Hall–Kier alpha value is -0.0800. The summed E-state index contributed by atoms with van der Waals surface area (Å²) in [5, 5.41) is 3.56. The second-order valence-corrected chi connectivity index (χ2v) is 6.17. The minimum absolute atomic E-state index is 0.230. The first kappa shape index (κ1) is 14.0. The van der Waals surface area contributed by atoms with Crippen LogP contribution in [0.2, 0.25) is 0 Å². The van der Waals surface area contributed by atoms with Gasteiger partial charge in [0.15, 0.2) is 0 Å². The molecule has 0 amide bonds. The van der Waals surface area contributed by atoms with Crippen molar-refractivity contribution in [2.75, 3.05) is 13.2 Å². The molecule has 1 aliphatic carbocycles. The molecular weight excluding hydrogens is 198 g/mol. The van der Waals surface area contributed by atoms with E-state index in [2.05, 4.69) is 33.0 Å². The van der Waals surface area contributed by atoms with Gasteiger partial charge in [-0.2, -0.15) is 0 Å². The molecule has 0 aliphatic heterocycles. The molecule has 16 heavy (non-hydrogen) atoms. The highest BCUT2D eigenvalue weighted by atomic mass is 16.5. The third-order valence-electron chi connectivity index (χ3n) is 3.41. The Morgan fingerprint density at radius 1 is 1.25 bits per heavy atom. The van der Waals surface area contributed by atoms with Crippen molar-refractivity contribution in [3.63, 3.8) is 0 Å². The van der Waals surface area contributed by atoms with Crippen molar-refractivity contribution < 1.29 is 4.74 Å². The third kappa shape index (κ3) is 4.84. The van der Waals surface area contributed by atoms with Gasteiger partial charge in [0.2, 0.25) is 0 Å². The summed E-state index contributed by atoms with van der Waals surface area (Å²) in [5.74, 6) is 0. The summed E-state index contributed by atoms with van der Waals surface area (Å²) < 4.78 is 6.08. The molecule has 1 fully saturated rings. The fraction of sp³-hybridized carbons (Fsp3) is 1.00. The second kappa shape index (κ2) is 6.02. The topological polar surface area (TPSA) is 21.3 Å². The molecule has 0 aromatic rings. The molecule has 2 nitrogen and oxygen atoms in total. The molecule has 1 aliphatic rings. The third-order valence-corrected chi connectivity index (χ3v) is 3.41. The monoisotopic (exact) mass is 227 g/mol. The molecule has 1 rings (SSSR count). The van der Waals surface area contributed by atoms with Gasteiger partial charge in [0.25, 0.3) is 0 Å². The molecule has 1 saturated carbocycles. The zero-order valence-corrected chi connectivity index (χ0v) is 11.6. The first-order chi connectivity index (χ1) is 7.47. The van der Waals surface area contributed by atoms with Gasteiger partial charge in [-0.05, 0) is 59.4 Å². The quantitative estimate of drug-likeness (QED) is 0.672. The Kier molecular flexibility index (Phi) is 5.26. The van der Waals surface area contributed by atoms with Crippen LogP contribution in [0.5, 0.6) is 0 Å². The molecule has 0 heterocycles. The van der Waals surface area contributed by atoms with Gasteiger partial charge >= 0.3 is 0 Å². The zero-order chi connectivity index (χ0) is 12.1. The maximum atomic E-state index is 6.08. The molecular formula is C14H29NO. The maximum absolute atomic E-state index is 6.08. The highest BCUT2D eigenvalue weighted by Gasteiger charge is 2.37. The van der Waals surface area contributed by atoms with Crippen molar-refractivity contribution in [3.05, 3.63) is 0 Å². The number of unbranched alkanes of at least 4 members (excludes halogenated alkanes) is 1. The van der Waals surface area contributed by atoms with Gasteiger partial charge in [0.05, 0.1) is 5.60 Å². The largest absolute Gasteiger partial charge is 0.375 e. The van der Waals surface area contributed by atoms with Crippen LogP contribution in [0.4, 0.5) is 0 Å². The van der Waals surface area contributed by atoms with E-state index in [-0.39, 0.29) is 11.1 Å².